The Kier molecular flexibility index (Phi) is 5.60. The van der Waals surface area contributed by atoms with E-state index in [1.807, 2.05) is 37.2 Å². The molecule has 2 spiro atoms. The number of aromatic nitrogens is 7. The first-order valence-electron chi connectivity index (χ1n) is 40.1. The van der Waals surface area contributed by atoms with Crippen LogP contribution in [0.2, 0.25) is 0 Å². The Labute approximate surface area is 620 Å². The summed E-state index contributed by atoms with van der Waals surface area (Å²) in [5, 5.41) is 88.2. The summed E-state index contributed by atoms with van der Waals surface area (Å²) in [4.78, 5) is 36.0. The van der Waals surface area contributed by atoms with Gasteiger partial charge in [-0.25, -0.2) is 9.97 Å². The maximum Gasteiger partial charge on any atom is 0.0737 e. The SMILES string of the molecule is CN1CC23c4c5c6c7c8c9c(c%10c%11c2c2c4c4c%12c5c5c6c6c8c8c%13c9c9c%10c%10c%11c%11c2c2c4c4c%12c%12c5c5c6c8c6c8c%13c9c9c%10c%10c%11c2c2c4c4c%12c5c6c5c8c9c%10c2c45)C73C1c1ccc(-c2c3nc(c(-c4ccncc4)c4ccc([nH]4)c(-c4ccncc4)c4nc(c(-c5ccncc5)c5ccc2[nH]5)C=C4)C=C3)cc1. The van der Waals surface area contributed by atoms with Gasteiger partial charge in [-0.1, -0.05) is 24.3 Å². The fourth-order valence-corrected chi connectivity index (χ4v) is 32.4. The van der Waals surface area contributed by atoms with Crippen molar-refractivity contribution >= 4 is 337 Å². The van der Waals surface area contributed by atoms with Gasteiger partial charge in [-0.2, -0.15) is 0 Å². The highest BCUT2D eigenvalue weighted by atomic mass is 15.2. The molecule has 0 amide bonds. The zero-order valence-electron chi connectivity index (χ0n) is 58.3. The van der Waals surface area contributed by atoms with Crippen molar-refractivity contribution < 1.29 is 0 Å². The van der Waals surface area contributed by atoms with Crippen LogP contribution in [0.5, 0.6) is 0 Å². The molecule has 1 atom stereocenters. The molecule has 42 rings (SSSR count). The molecule has 8 bridgehead atoms. The summed E-state index contributed by atoms with van der Waals surface area (Å²) < 4.78 is 0. The van der Waals surface area contributed by atoms with Crippen molar-refractivity contribution in [1.82, 2.24) is 39.8 Å². The van der Waals surface area contributed by atoms with Crippen LogP contribution in [0, 0.1) is 0 Å². The molecule has 0 radical (unpaired) electrons. The molecule has 2 N–H and O–H groups in total. The highest BCUT2D eigenvalue weighted by Gasteiger charge is 2.76. The summed E-state index contributed by atoms with van der Waals surface area (Å²) in [5.41, 5.74) is 22.9. The third-order valence-electron chi connectivity index (χ3n) is 34.1. The number of hydrogen-bond acceptors (Lipinski definition) is 6. The third-order valence-corrected chi connectivity index (χ3v) is 34.1. The second-order valence-electron chi connectivity index (χ2n) is 36.6. The first-order valence-corrected chi connectivity index (χ1v) is 40.1. The fourth-order valence-electron chi connectivity index (χ4n) is 32.4. The van der Waals surface area contributed by atoms with Crippen molar-refractivity contribution in [2.24, 2.45) is 0 Å². The molecule has 0 saturated carbocycles. The van der Waals surface area contributed by atoms with E-state index in [-0.39, 0.29) is 6.04 Å². The van der Waals surface area contributed by atoms with Gasteiger partial charge in [0.1, 0.15) is 0 Å². The average molecular weight is 1390 g/mol. The zero-order valence-corrected chi connectivity index (χ0v) is 58.3. The zero-order chi connectivity index (χ0) is 69.1. The molecule has 3 aliphatic heterocycles. The van der Waals surface area contributed by atoms with Gasteiger partial charge in [-0.05, 0) is 433 Å². The second-order valence-corrected chi connectivity index (χ2v) is 36.6. The smallest absolute Gasteiger partial charge is 0.0737 e. The van der Waals surface area contributed by atoms with Gasteiger partial charge in [-0.3, -0.25) is 19.9 Å². The highest BCUT2D eigenvalue weighted by molar-refractivity contribution is 6.82. The Hall–Kier alpha value is -14.3. The molecule has 1 saturated heterocycles. The summed E-state index contributed by atoms with van der Waals surface area (Å²) in [6, 6.07) is 31.7. The average Bonchev–Trinajstić information content (AvgIpc) is 1.38. The topological polar surface area (TPSA) is 99.3 Å². The van der Waals surface area contributed by atoms with E-state index >= 15 is 0 Å². The number of likely N-dealkylation sites (tertiary alicyclic amines) is 1. The molecule has 35 aromatic rings. The number of nitrogens with one attached hydrogen (secondary N) is 2. The predicted octanol–water partition coefficient (Wildman–Crippen LogP) is 25.8. The molecule has 6 aromatic heterocycles. The van der Waals surface area contributed by atoms with E-state index in [0.717, 1.165) is 95.9 Å². The number of fused-ring (bicyclic) bond motifs is 8. The van der Waals surface area contributed by atoms with Crippen molar-refractivity contribution in [2.45, 2.75) is 16.9 Å². The van der Waals surface area contributed by atoms with Crippen molar-refractivity contribution in [3.8, 4) is 44.5 Å². The molecule has 8 heteroatoms. The van der Waals surface area contributed by atoms with Crippen LogP contribution in [0.4, 0.5) is 0 Å². The van der Waals surface area contributed by atoms with Gasteiger partial charge >= 0.3 is 0 Å². The molecule has 8 nitrogen and oxygen atoms in total. The Morgan fingerprint density at radius 1 is 0.250 bits per heavy atom. The second kappa shape index (κ2) is 13.0. The Bertz CT molecular complexity index is 10400. The maximum absolute atomic E-state index is 5.85. The Morgan fingerprint density at radius 2 is 0.455 bits per heavy atom. The van der Waals surface area contributed by atoms with Crippen molar-refractivity contribution in [1.29, 1.82) is 0 Å². The first kappa shape index (κ1) is 48.2. The van der Waals surface area contributed by atoms with Crippen LogP contribution in [0.3, 0.4) is 0 Å². The number of pyridine rings is 3. The van der Waals surface area contributed by atoms with Gasteiger partial charge in [0.25, 0.3) is 0 Å². The van der Waals surface area contributed by atoms with Gasteiger partial charge in [0.2, 0.25) is 0 Å². The van der Waals surface area contributed by atoms with Gasteiger partial charge < -0.3 is 9.97 Å². The molecule has 7 aliphatic rings. The number of rotatable bonds is 5. The number of nitrogens with zero attached hydrogens (tertiary/aromatic N) is 6. The van der Waals surface area contributed by atoms with Crippen LogP contribution in [-0.2, 0) is 10.8 Å². The molecule has 1 unspecified atom stereocenters. The quantitative estimate of drug-likeness (QED) is 0.167. The molecule has 112 heavy (non-hydrogen) atoms. The minimum atomic E-state index is -0.498. The monoisotopic (exact) mass is 1390 g/mol. The van der Waals surface area contributed by atoms with Crippen LogP contribution in [-0.4, -0.2) is 53.4 Å². The van der Waals surface area contributed by atoms with E-state index in [1.54, 1.807) is 313 Å². The van der Waals surface area contributed by atoms with E-state index in [4.69, 9.17) is 9.97 Å². The highest BCUT2D eigenvalue weighted by Crippen LogP contribution is 2.87. The Morgan fingerprint density at radius 3 is 0.688 bits per heavy atom. The molecule has 29 aromatic carbocycles. The third kappa shape index (κ3) is 3.49. The van der Waals surface area contributed by atoms with Crippen LogP contribution < -0.4 is 0 Å². The fraction of sp³-hybridized carbons (Fsp3) is 0.0481. The van der Waals surface area contributed by atoms with Gasteiger partial charge in [0, 0.05) is 94.1 Å². The van der Waals surface area contributed by atoms with Crippen LogP contribution in [0.25, 0.3) is 382 Å². The van der Waals surface area contributed by atoms with Crippen LogP contribution >= 0.6 is 0 Å². The molecule has 1 fully saturated rings. The van der Waals surface area contributed by atoms with Crippen LogP contribution in [0.15, 0.2) is 122 Å². The summed E-state index contributed by atoms with van der Waals surface area (Å²) in [7, 11) is 2.58. The molecule has 9 heterocycles. The van der Waals surface area contributed by atoms with E-state index in [0.29, 0.717) is 0 Å². The number of H-pyrrole nitrogens is 2. The summed E-state index contributed by atoms with van der Waals surface area (Å²) in [5.74, 6) is 0. The van der Waals surface area contributed by atoms with Crippen molar-refractivity contribution in [2.75, 3.05) is 13.6 Å². The minimum Gasteiger partial charge on any atom is -0.354 e. The molecular weight excluding hydrogens is 1360 g/mol. The standard InChI is InChI=1S/C104H32N8/c1-112-26-103-98-90-82-72-62-54-46-44-45-48-52-50(46)58-66-60(52)70-64-56(48)57-49(45)53-51-47(44)55(54)63-69-59(51)67-61(53)71-65(57)75-74(64)86-80(70)88-78(66)84(76(82)68(58)62)92(98)94(88)100-96(86)97-87(75)81(71)89-79(67)85-77(69)83(73(63)72)91(90)99(103)93(85)95(89)101(97)104(100,103)102(112)31-4-2-27(3-5-31)40-32-6-8-34(108-32)41(28-14-20-105-21-15-28)36-10-12-38(110-36)43(30-18-24-107-25-19-30)39-13-11-37(111-39)42(29-16-22-106-23-17-29)35-9-7-33(40)109-35/h2-25,102,108,111H,26H2,1H3. The lowest BCUT2D eigenvalue weighted by Crippen LogP contribution is -2.51. The van der Waals surface area contributed by atoms with Gasteiger partial charge in [0.05, 0.1) is 33.6 Å². The van der Waals surface area contributed by atoms with Gasteiger partial charge in [0.15, 0.2) is 0 Å². The van der Waals surface area contributed by atoms with E-state index < -0.39 is 10.8 Å². The van der Waals surface area contributed by atoms with Gasteiger partial charge in [-0.15, -0.1) is 0 Å². The molecule has 4 aliphatic carbocycles. The largest absolute Gasteiger partial charge is 0.354 e. The maximum atomic E-state index is 5.85. The lowest BCUT2D eigenvalue weighted by atomic mass is 9.47. The van der Waals surface area contributed by atoms with E-state index in [2.05, 4.69) is 146 Å². The van der Waals surface area contributed by atoms with E-state index in [1.165, 1.54) is 5.56 Å². The number of benzene rings is 19. The minimum absolute atomic E-state index is 0.0287. The molecular formula is C104H32N8. The number of likely N-dealkylation sites (N-methyl/N-ethyl adjacent to an activating group) is 1. The normalized spacial score (nSPS) is 19.7. The summed E-state index contributed by atoms with van der Waals surface area (Å²) in [6.07, 6.45) is 20.1. The van der Waals surface area contributed by atoms with E-state index in [9.17, 15) is 0 Å². The summed E-state index contributed by atoms with van der Waals surface area (Å²) >= 11 is 0. The summed E-state index contributed by atoms with van der Waals surface area (Å²) in [6.45, 7) is 0.940. The Balaban J connectivity index is 0.678. The predicted molar refractivity (Wildman–Crippen MR) is 463 cm³/mol. The number of hydrogen-bond donors (Lipinski definition) is 2. The lowest BCUT2D eigenvalue weighted by Gasteiger charge is -2.52. The molecule has 488 valence electrons. The number of aromatic amines is 2. The first-order chi connectivity index (χ1) is 55.6. The van der Waals surface area contributed by atoms with Crippen LogP contribution in [0.1, 0.15) is 56.6 Å². The van der Waals surface area contributed by atoms with Crippen molar-refractivity contribution in [3.05, 3.63) is 173 Å². The van der Waals surface area contributed by atoms with Crippen molar-refractivity contribution in [3.63, 3.8) is 0 Å². The lowest BCUT2D eigenvalue weighted by molar-refractivity contribution is 0.271.